The molecule has 0 saturated carbocycles. The van der Waals surface area contributed by atoms with Gasteiger partial charge in [0.05, 0.1) is 34.8 Å². The maximum atomic E-state index is 5.07. The first-order valence-corrected chi connectivity index (χ1v) is 11.0. The molecule has 6 heterocycles. The monoisotopic (exact) mass is 445 g/mol. The topological polar surface area (TPSA) is 119 Å². The van der Waals surface area contributed by atoms with Crippen molar-refractivity contribution >= 4 is 22.8 Å². The van der Waals surface area contributed by atoms with Crippen LogP contribution in [0.4, 0.5) is 11.5 Å². The van der Waals surface area contributed by atoms with Crippen molar-refractivity contribution < 1.29 is 0 Å². The Labute approximate surface area is 186 Å². The van der Waals surface area contributed by atoms with Gasteiger partial charge >= 0.3 is 0 Å². The van der Waals surface area contributed by atoms with Gasteiger partial charge in [0.25, 0.3) is 0 Å². The Bertz CT molecular complexity index is 1410. The smallest absolute Gasteiger partial charge is 0.174 e. The molecular formula is C20H19N11S. The van der Waals surface area contributed by atoms with Gasteiger partial charge in [0.15, 0.2) is 17.5 Å². The average Bonchev–Trinajstić information content (AvgIpc) is 3.58. The van der Waals surface area contributed by atoms with E-state index >= 15 is 0 Å². The van der Waals surface area contributed by atoms with Crippen molar-refractivity contribution in [3.8, 4) is 27.8 Å². The van der Waals surface area contributed by atoms with Crippen LogP contribution in [0, 0.1) is 6.92 Å². The van der Waals surface area contributed by atoms with Crippen molar-refractivity contribution in [3.05, 3.63) is 48.0 Å². The Kier molecular flexibility index (Phi) is 4.15. The molecule has 0 aromatic carbocycles. The zero-order valence-corrected chi connectivity index (χ0v) is 18.4. The van der Waals surface area contributed by atoms with E-state index in [9.17, 15) is 0 Å². The molecule has 0 fully saturated rings. The van der Waals surface area contributed by atoms with E-state index in [-0.39, 0.29) is 6.04 Å². The van der Waals surface area contributed by atoms with E-state index in [2.05, 4.69) is 42.3 Å². The third-order valence-electron chi connectivity index (χ3n) is 5.58. The van der Waals surface area contributed by atoms with Crippen LogP contribution in [0.2, 0.25) is 0 Å². The molecule has 0 saturated heterocycles. The van der Waals surface area contributed by atoms with Crippen LogP contribution in [0.15, 0.2) is 36.5 Å². The van der Waals surface area contributed by atoms with E-state index in [4.69, 9.17) is 9.97 Å². The van der Waals surface area contributed by atoms with Crippen molar-refractivity contribution in [2.75, 3.05) is 4.90 Å². The second-order valence-electron chi connectivity index (χ2n) is 7.53. The second kappa shape index (κ2) is 7.05. The highest BCUT2D eigenvalue weighted by Gasteiger charge is 2.36. The summed E-state index contributed by atoms with van der Waals surface area (Å²) >= 11 is 1.50. The van der Waals surface area contributed by atoms with Crippen LogP contribution < -0.4 is 4.90 Å². The van der Waals surface area contributed by atoms with Crippen molar-refractivity contribution in [1.82, 2.24) is 49.7 Å². The maximum absolute atomic E-state index is 5.07. The van der Waals surface area contributed by atoms with Crippen LogP contribution in [-0.4, -0.2) is 49.7 Å². The summed E-state index contributed by atoms with van der Waals surface area (Å²) in [7, 11) is 1.91. The molecular weight excluding hydrogens is 426 g/mol. The highest BCUT2D eigenvalue weighted by Crippen LogP contribution is 2.45. The predicted molar refractivity (Wildman–Crippen MR) is 119 cm³/mol. The molecule has 0 amide bonds. The molecule has 1 atom stereocenters. The van der Waals surface area contributed by atoms with Crippen LogP contribution in [0.3, 0.4) is 0 Å². The zero-order valence-electron chi connectivity index (χ0n) is 17.6. The molecule has 12 heteroatoms. The molecule has 0 bridgehead atoms. The molecule has 5 aromatic heterocycles. The lowest BCUT2D eigenvalue weighted by atomic mass is 10.1. The number of hydrogen-bond acceptors (Lipinski definition) is 9. The molecule has 0 aliphatic carbocycles. The summed E-state index contributed by atoms with van der Waals surface area (Å²) in [5.74, 6) is 2.27. The third kappa shape index (κ3) is 2.69. The summed E-state index contributed by atoms with van der Waals surface area (Å²) in [5, 5.41) is 20.0. The van der Waals surface area contributed by atoms with Gasteiger partial charge in [-0.1, -0.05) is 6.92 Å². The molecule has 6 rings (SSSR count). The zero-order chi connectivity index (χ0) is 21.8. The van der Waals surface area contributed by atoms with Gasteiger partial charge in [-0.25, -0.2) is 15.0 Å². The fourth-order valence-corrected chi connectivity index (χ4v) is 4.93. The minimum atomic E-state index is -0.0371. The first-order valence-electron chi connectivity index (χ1n) is 10.2. The molecule has 1 N–H and O–H groups in total. The number of aromatic nitrogens is 10. The number of anilines is 2. The van der Waals surface area contributed by atoms with E-state index in [0.29, 0.717) is 5.82 Å². The van der Waals surface area contributed by atoms with Crippen LogP contribution in [-0.2, 0) is 7.05 Å². The lowest BCUT2D eigenvalue weighted by molar-refractivity contribution is 0.588. The van der Waals surface area contributed by atoms with Gasteiger partial charge in [-0.2, -0.15) is 10.2 Å². The van der Waals surface area contributed by atoms with Gasteiger partial charge in [-0.15, -0.1) is 21.5 Å². The number of aryl methyl sites for hydroxylation is 2. The summed E-state index contributed by atoms with van der Waals surface area (Å²) < 4.78 is 3.79. The van der Waals surface area contributed by atoms with Crippen molar-refractivity contribution in [2.24, 2.45) is 7.05 Å². The van der Waals surface area contributed by atoms with Crippen molar-refractivity contribution in [3.63, 3.8) is 0 Å². The maximum Gasteiger partial charge on any atom is 0.174 e. The summed E-state index contributed by atoms with van der Waals surface area (Å²) in [5.41, 5.74) is 6.06. The van der Waals surface area contributed by atoms with E-state index in [1.165, 1.54) is 11.3 Å². The van der Waals surface area contributed by atoms with Gasteiger partial charge < -0.3 is 4.90 Å². The van der Waals surface area contributed by atoms with Gasteiger partial charge in [0.1, 0.15) is 22.6 Å². The Morgan fingerprint density at radius 3 is 2.91 bits per heavy atom. The Hall–Kier alpha value is -3.93. The molecule has 5 aromatic rings. The molecule has 160 valence electrons. The highest BCUT2D eigenvalue weighted by molar-refractivity contribution is 7.13. The SMILES string of the molecule is CCC1c2nncn2-c2c(C)nc(-c3scnc3-c3ccn[nH]3)nc2N1c1cnn(C)c1. The first kappa shape index (κ1) is 18.8. The van der Waals surface area contributed by atoms with Crippen LogP contribution in [0.5, 0.6) is 0 Å². The quantitative estimate of drug-likeness (QED) is 0.448. The highest BCUT2D eigenvalue weighted by atomic mass is 32.1. The number of fused-ring (bicyclic) bond motifs is 3. The first-order chi connectivity index (χ1) is 15.7. The number of aromatic amines is 1. The van der Waals surface area contributed by atoms with Gasteiger partial charge in [0.2, 0.25) is 0 Å². The largest absolute Gasteiger partial charge is 0.311 e. The van der Waals surface area contributed by atoms with Crippen LogP contribution >= 0.6 is 11.3 Å². The van der Waals surface area contributed by atoms with Gasteiger partial charge in [-0.3, -0.25) is 14.3 Å². The fourth-order valence-electron chi connectivity index (χ4n) is 4.19. The van der Waals surface area contributed by atoms with Crippen LogP contribution in [0.1, 0.15) is 30.9 Å². The Morgan fingerprint density at radius 2 is 2.16 bits per heavy atom. The third-order valence-corrected chi connectivity index (χ3v) is 6.40. The van der Waals surface area contributed by atoms with E-state index < -0.39 is 0 Å². The average molecular weight is 446 g/mol. The summed E-state index contributed by atoms with van der Waals surface area (Å²) in [6.07, 6.45) is 8.10. The van der Waals surface area contributed by atoms with Crippen molar-refractivity contribution in [1.29, 1.82) is 0 Å². The Balaban J connectivity index is 1.60. The number of rotatable bonds is 4. The summed E-state index contributed by atoms with van der Waals surface area (Å²) in [6, 6.07) is 1.85. The predicted octanol–water partition coefficient (Wildman–Crippen LogP) is 3.22. The minimum Gasteiger partial charge on any atom is -0.311 e. The molecule has 0 radical (unpaired) electrons. The van der Waals surface area contributed by atoms with E-state index in [1.54, 1.807) is 22.7 Å². The lowest BCUT2D eigenvalue weighted by Crippen LogP contribution is -2.32. The van der Waals surface area contributed by atoms with Gasteiger partial charge in [0, 0.05) is 19.4 Å². The number of nitrogens with zero attached hydrogens (tertiary/aromatic N) is 10. The summed E-state index contributed by atoms with van der Waals surface area (Å²) in [4.78, 5) is 17.5. The van der Waals surface area contributed by atoms with Crippen LogP contribution in [0.25, 0.3) is 27.8 Å². The fraction of sp³-hybridized carbons (Fsp3) is 0.250. The molecule has 32 heavy (non-hydrogen) atoms. The second-order valence-corrected chi connectivity index (χ2v) is 8.39. The Morgan fingerprint density at radius 1 is 1.25 bits per heavy atom. The summed E-state index contributed by atoms with van der Waals surface area (Å²) in [6.45, 7) is 4.12. The number of hydrogen-bond donors (Lipinski definition) is 1. The molecule has 1 aliphatic heterocycles. The molecule has 1 unspecified atom stereocenters. The lowest BCUT2D eigenvalue weighted by Gasteiger charge is -2.36. The van der Waals surface area contributed by atoms with Crippen molar-refractivity contribution in [2.45, 2.75) is 26.3 Å². The molecule has 0 spiro atoms. The van der Waals surface area contributed by atoms with E-state index in [0.717, 1.165) is 51.4 Å². The number of thiazole rings is 1. The number of H-pyrrole nitrogens is 1. The standard InChI is InChI=1S/C20H19N11S/c1-4-14-19-28-23-9-30(19)16-11(2)25-18(17-15(21-10-32-17)13-5-6-22-27-13)26-20(16)31(14)12-7-24-29(3)8-12/h5-10,14H,4H2,1-3H3,(H,22,27). The molecule has 1 aliphatic rings. The van der Waals surface area contributed by atoms with Gasteiger partial charge in [-0.05, 0) is 19.4 Å². The minimum absolute atomic E-state index is 0.0371. The number of nitrogens with one attached hydrogen (secondary N) is 1. The molecule has 11 nitrogen and oxygen atoms in total. The van der Waals surface area contributed by atoms with E-state index in [1.807, 2.05) is 37.0 Å². The normalized spacial score (nSPS) is 15.1.